The largest absolute Gasteiger partial charge is 0.365 e. The van der Waals surface area contributed by atoms with Gasteiger partial charge in [-0.1, -0.05) is 35.9 Å². The van der Waals surface area contributed by atoms with E-state index in [0.717, 1.165) is 35.0 Å². The van der Waals surface area contributed by atoms with E-state index in [1.165, 1.54) is 4.80 Å². The lowest BCUT2D eigenvalue weighted by molar-refractivity contribution is 0.0621. The van der Waals surface area contributed by atoms with Crippen molar-refractivity contribution in [3.63, 3.8) is 0 Å². The second-order valence-electron chi connectivity index (χ2n) is 8.44. The van der Waals surface area contributed by atoms with E-state index < -0.39 is 0 Å². The van der Waals surface area contributed by atoms with Gasteiger partial charge in [0, 0.05) is 30.2 Å². The van der Waals surface area contributed by atoms with E-state index in [2.05, 4.69) is 39.6 Å². The second kappa shape index (κ2) is 8.42. The number of pyridine rings is 1. The molecule has 2 aromatic heterocycles. The number of carbonyl (C=O) groups excluding carboxylic acids is 1. The molecular formula is C25H26N6O. The molecule has 2 aromatic carbocycles. The van der Waals surface area contributed by atoms with Gasteiger partial charge in [0.15, 0.2) is 0 Å². The molecule has 1 fully saturated rings. The number of carbonyl (C=O) groups is 1. The van der Waals surface area contributed by atoms with Crippen LogP contribution in [0, 0.1) is 6.92 Å². The van der Waals surface area contributed by atoms with Crippen molar-refractivity contribution >= 4 is 22.5 Å². The zero-order valence-electron chi connectivity index (χ0n) is 18.3. The molecule has 1 aliphatic rings. The van der Waals surface area contributed by atoms with Gasteiger partial charge in [0.05, 0.1) is 23.6 Å². The number of amides is 1. The van der Waals surface area contributed by atoms with Crippen molar-refractivity contribution in [2.75, 3.05) is 11.9 Å². The predicted molar refractivity (Wildman–Crippen MR) is 125 cm³/mol. The molecule has 0 unspecified atom stereocenters. The van der Waals surface area contributed by atoms with Crippen LogP contribution in [0.3, 0.4) is 0 Å². The highest BCUT2D eigenvalue weighted by molar-refractivity contribution is 5.98. The highest BCUT2D eigenvalue weighted by atomic mass is 16.2. The average molecular weight is 427 g/mol. The normalized spacial score (nSPS) is 18.6. The summed E-state index contributed by atoms with van der Waals surface area (Å²) in [4.78, 5) is 21.8. The average Bonchev–Trinajstić information content (AvgIpc) is 3.35. The standard InChI is InChI=1S/C25H26N6O/c1-17-7-10-23(31-27-13-14-28-31)22(15-17)25(32)30-16-20(9-8-18(30)2)29-24-21-6-4-3-5-19(21)11-12-26-24/h3-7,10-15,18,20H,8-9,16H2,1-2H3,(H,26,29)/t18-,20+/m1/s1. The maximum Gasteiger partial charge on any atom is 0.256 e. The van der Waals surface area contributed by atoms with Gasteiger partial charge in [-0.3, -0.25) is 4.79 Å². The monoisotopic (exact) mass is 426 g/mol. The van der Waals surface area contributed by atoms with Crippen molar-refractivity contribution in [3.05, 3.63) is 78.2 Å². The van der Waals surface area contributed by atoms with E-state index in [1.54, 1.807) is 12.4 Å². The smallest absolute Gasteiger partial charge is 0.256 e. The Bertz CT molecular complexity index is 1250. The molecule has 0 radical (unpaired) electrons. The number of likely N-dealkylation sites (tertiary alicyclic amines) is 1. The van der Waals surface area contributed by atoms with Gasteiger partial charge in [-0.25, -0.2) is 4.98 Å². The molecule has 0 aliphatic carbocycles. The summed E-state index contributed by atoms with van der Waals surface area (Å²) in [5, 5.41) is 14.3. The number of hydrogen-bond acceptors (Lipinski definition) is 5. The number of anilines is 1. The zero-order valence-corrected chi connectivity index (χ0v) is 18.3. The molecule has 2 atom stereocenters. The van der Waals surface area contributed by atoms with Gasteiger partial charge in [0.1, 0.15) is 5.82 Å². The molecule has 7 nitrogen and oxygen atoms in total. The highest BCUT2D eigenvalue weighted by Crippen LogP contribution is 2.27. The van der Waals surface area contributed by atoms with E-state index in [-0.39, 0.29) is 18.0 Å². The Morgan fingerprint density at radius 2 is 1.84 bits per heavy atom. The number of piperidine rings is 1. The summed E-state index contributed by atoms with van der Waals surface area (Å²) in [5.74, 6) is 0.873. The summed E-state index contributed by atoms with van der Waals surface area (Å²) in [6, 6.07) is 16.3. The summed E-state index contributed by atoms with van der Waals surface area (Å²) in [6.07, 6.45) is 6.98. The molecular weight excluding hydrogens is 400 g/mol. The third-order valence-corrected chi connectivity index (χ3v) is 6.17. The van der Waals surface area contributed by atoms with Crippen LogP contribution in [0.25, 0.3) is 16.5 Å². The lowest BCUT2D eigenvalue weighted by atomic mass is 9.97. The minimum atomic E-state index is 0.00544. The van der Waals surface area contributed by atoms with E-state index in [9.17, 15) is 4.79 Å². The number of rotatable bonds is 4. The van der Waals surface area contributed by atoms with Crippen LogP contribution in [-0.2, 0) is 0 Å². The summed E-state index contributed by atoms with van der Waals surface area (Å²) in [7, 11) is 0. The lowest BCUT2D eigenvalue weighted by Gasteiger charge is -2.39. The minimum Gasteiger partial charge on any atom is -0.365 e. The van der Waals surface area contributed by atoms with E-state index in [0.29, 0.717) is 17.8 Å². The number of fused-ring (bicyclic) bond motifs is 1. The Kier molecular flexibility index (Phi) is 5.31. The molecule has 0 bridgehead atoms. The quantitative estimate of drug-likeness (QED) is 0.529. The van der Waals surface area contributed by atoms with Gasteiger partial charge in [0.25, 0.3) is 5.91 Å². The van der Waals surface area contributed by atoms with Crippen molar-refractivity contribution in [2.24, 2.45) is 0 Å². The Balaban J connectivity index is 1.42. The third kappa shape index (κ3) is 3.82. The maximum atomic E-state index is 13.7. The summed E-state index contributed by atoms with van der Waals surface area (Å²) < 4.78 is 0. The lowest BCUT2D eigenvalue weighted by Crippen LogP contribution is -2.50. The van der Waals surface area contributed by atoms with Crippen molar-refractivity contribution in [3.8, 4) is 5.69 Å². The molecule has 7 heteroatoms. The van der Waals surface area contributed by atoms with Crippen LogP contribution in [0.4, 0.5) is 5.82 Å². The highest BCUT2D eigenvalue weighted by Gasteiger charge is 2.31. The van der Waals surface area contributed by atoms with Crippen molar-refractivity contribution in [2.45, 2.75) is 38.8 Å². The van der Waals surface area contributed by atoms with Gasteiger partial charge in [-0.15, -0.1) is 0 Å². The number of nitrogens with zero attached hydrogens (tertiary/aromatic N) is 5. The molecule has 0 saturated carbocycles. The number of nitrogens with one attached hydrogen (secondary N) is 1. The summed E-state index contributed by atoms with van der Waals surface area (Å²) in [6.45, 7) is 4.73. The fourth-order valence-electron chi connectivity index (χ4n) is 4.43. The molecule has 4 aromatic rings. The first-order chi connectivity index (χ1) is 15.6. The Hall–Kier alpha value is -3.74. The molecule has 1 N–H and O–H groups in total. The van der Waals surface area contributed by atoms with Gasteiger partial charge in [-0.05, 0) is 50.3 Å². The van der Waals surface area contributed by atoms with Gasteiger partial charge in [-0.2, -0.15) is 15.0 Å². The summed E-state index contributed by atoms with van der Waals surface area (Å²) in [5.41, 5.74) is 2.35. The van der Waals surface area contributed by atoms with Gasteiger partial charge < -0.3 is 10.2 Å². The molecule has 0 spiro atoms. The Morgan fingerprint density at radius 3 is 2.69 bits per heavy atom. The topological polar surface area (TPSA) is 75.9 Å². The fraction of sp³-hybridized carbons (Fsp3) is 0.280. The Labute approximate surface area is 187 Å². The minimum absolute atomic E-state index is 0.00544. The number of benzene rings is 2. The molecule has 162 valence electrons. The van der Waals surface area contributed by atoms with Crippen LogP contribution in [0.5, 0.6) is 0 Å². The van der Waals surface area contributed by atoms with E-state index in [1.807, 2.05) is 54.4 Å². The molecule has 1 saturated heterocycles. The Morgan fingerprint density at radius 1 is 1.03 bits per heavy atom. The van der Waals surface area contributed by atoms with Crippen LogP contribution in [-0.4, -0.2) is 49.4 Å². The van der Waals surface area contributed by atoms with Crippen LogP contribution in [0.1, 0.15) is 35.7 Å². The molecule has 1 amide bonds. The number of hydrogen-bond donors (Lipinski definition) is 1. The third-order valence-electron chi connectivity index (χ3n) is 6.17. The van der Waals surface area contributed by atoms with Crippen LogP contribution >= 0.6 is 0 Å². The van der Waals surface area contributed by atoms with E-state index in [4.69, 9.17) is 0 Å². The first kappa shape index (κ1) is 20.2. The molecule has 32 heavy (non-hydrogen) atoms. The van der Waals surface area contributed by atoms with E-state index >= 15 is 0 Å². The van der Waals surface area contributed by atoms with Crippen molar-refractivity contribution in [1.82, 2.24) is 24.9 Å². The van der Waals surface area contributed by atoms with Crippen LogP contribution < -0.4 is 5.32 Å². The number of aryl methyl sites for hydroxylation is 1. The van der Waals surface area contributed by atoms with Crippen molar-refractivity contribution in [1.29, 1.82) is 0 Å². The maximum absolute atomic E-state index is 13.7. The summed E-state index contributed by atoms with van der Waals surface area (Å²) >= 11 is 0. The molecule has 5 rings (SSSR count). The first-order valence-electron chi connectivity index (χ1n) is 11.0. The SMILES string of the molecule is Cc1ccc(-n2nccn2)c(C(=O)N2C[C@@H](Nc3nccc4ccccc34)CC[C@H]2C)c1. The van der Waals surface area contributed by atoms with Crippen LogP contribution in [0.15, 0.2) is 67.1 Å². The van der Waals surface area contributed by atoms with Gasteiger partial charge >= 0.3 is 0 Å². The second-order valence-corrected chi connectivity index (χ2v) is 8.44. The number of aromatic nitrogens is 4. The van der Waals surface area contributed by atoms with Crippen molar-refractivity contribution < 1.29 is 4.79 Å². The van der Waals surface area contributed by atoms with Gasteiger partial charge in [0.2, 0.25) is 0 Å². The first-order valence-corrected chi connectivity index (χ1v) is 11.0. The molecule has 3 heterocycles. The molecule has 1 aliphatic heterocycles. The zero-order chi connectivity index (χ0) is 22.1. The van der Waals surface area contributed by atoms with Crippen LogP contribution in [0.2, 0.25) is 0 Å². The predicted octanol–water partition coefficient (Wildman–Crippen LogP) is 4.23. The fourth-order valence-corrected chi connectivity index (χ4v) is 4.43.